The van der Waals surface area contributed by atoms with Crippen LogP contribution in [0.3, 0.4) is 0 Å². The third kappa shape index (κ3) is 5.22. The van der Waals surface area contributed by atoms with Gasteiger partial charge < -0.3 is 20.1 Å². The maximum Gasteiger partial charge on any atom is 0.296 e. The Bertz CT molecular complexity index is 1420. The molecule has 1 saturated heterocycles. The molecule has 0 saturated carbocycles. The smallest absolute Gasteiger partial charge is 0.296 e. The molecule has 0 bridgehead atoms. The Balaban J connectivity index is 1.53. The summed E-state index contributed by atoms with van der Waals surface area (Å²) in [4.78, 5) is 42.3. The molecule has 1 aromatic carbocycles. The van der Waals surface area contributed by atoms with Crippen molar-refractivity contribution in [3.05, 3.63) is 51.5 Å². The van der Waals surface area contributed by atoms with Crippen LogP contribution in [0.1, 0.15) is 42.6 Å². The first-order chi connectivity index (χ1) is 17.3. The quantitative estimate of drug-likeness (QED) is 0.547. The minimum atomic E-state index is -4.05. The zero-order chi connectivity index (χ0) is 27.1. The lowest BCUT2D eigenvalue weighted by atomic mass is 10.1. The summed E-state index contributed by atoms with van der Waals surface area (Å²) < 4.78 is 48.6. The largest absolute Gasteiger partial charge is 0.501 e. The van der Waals surface area contributed by atoms with Gasteiger partial charge in [0, 0.05) is 39.6 Å². The van der Waals surface area contributed by atoms with Gasteiger partial charge in [-0.15, -0.1) is 0 Å². The number of carbonyl (C=O) groups is 2. The van der Waals surface area contributed by atoms with E-state index in [1.54, 1.807) is 13.8 Å². The Morgan fingerprint density at radius 1 is 1.16 bits per heavy atom. The maximum atomic E-state index is 14.4. The van der Waals surface area contributed by atoms with Gasteiger partial charge in [-0.1, -0.05) is 0 Å². The summed E-state index contributed by atoms with van der Waals surface area (Å²) in [6.45, 7) is 5.48. The lowest BCUT2D eigenvalue weighted by Gasteiger charge is -2.33. The number of nitrogens with zero attached hydrogens (tertiary/aromatic N) is 4. The second kappa shape index (κ2) is 9.84. The fraction of sp³-hybridized carbons (Fsp3) is 0.478. The van der Waals surface area contributed by atoms with Crippen LogP contribution in [0.5, 0.6) is 5.75 Å². The number of benzene rings is 1. The molecule has 0 aliphatic carbocycles. The molecule has 0 unspecified atom stereocenters. The normalized spacial score (nSPS) is 17.8. The van der Waals surface area contributed by atoms with Crippen molar-refractivity contribution < 1.29 is 32.2 Å². The molecule has 14 heteroatoms. The highest BCUT2D eigenvalue weighted by atomic mass is 32.2. The van der Waals surface area contributed by atoms with Gasteiger partial charge in [-0.2, -0.15) is 4.31 Å². The van der Waals surface area contributed by atoms with E-state index >= 15 is 0 Å². The number of fused-ring (bicyclic) bond motifs is 1. The van der Waals surface area contributed by atoms with Crippen LogP contribution < -0.4 is 10.9 Å². The topological polar surface area (TPSA) is 151 Å². The molecule has 2 amide bonds. The van der Waals surface area contributed by atoms with Crippen molar-refractivity contribution in [1.29, 1.82) is 0 Å². The van der Waals surface area contributed by atoms with Gasteiger partial charge in [0.25, 0.3) is 11.5 Å². The molecule has 2 aromatic rings. The van der Waals surface area contributed by atoms with E-state index in [1.165, 1.54) is 26.8 Å². The molecule has 1 aromatic heterocycles. The highest BCUT2D eigenvalue weighted by Crippen LogP contribution is 2.27. The number of nitrogens with one attached hydrogen (secondary N) is 1. The first-order valence-electron chi connectivity index (χ1n) is 11.6. The third-order valence-corrected chi connectivity index (χ3v) is 8.26. The van der Waals surface area contributed by atoms with Crippen molar-refractivity contribution in [3.63, 3.8) is 0 Å². The predicted octanol–water partition coefficient (Wildman–Crippen LogP) is 0.136. The number of piperazine rings is 1. The summed E-state index contributed by atoms with van der Waals surface area (Å²) in [5, 5.41) is 12.8. The Hall–Kier alpha value is -3.36. The average Bonchev–Trinajstić information content (AvgIpc) is 2.84. The molecule has 1 fully saturated rings. The average molecular weight is 538 g/mol. The molecule has 3 heterocycles. The van der Waals surface area contributed by atoms with Crippen molar-refractivity contribution in [2.24, 2.45) is 0 Å². The van der Waals surface area contributed by atoms with Crippen molar-refractivity contribution in [2.45, 2.75) is 44.4 Å². The van der Waals surface area contributed by atoms with Crippen LogP contribution in [-0.2, 0) is 38.2 Å². The number of sulfonamides is 1. The zero-order valence-electron chi connectivity index (χ0n) is 20.7. The number of aromatic nitrogens is 2. The molecule has 0 spiro atoms. The van der Waals surface area contributed by atoms with Crippen molar-refractivity contribution >= 4 is 21.8 Å². The van der Waals surface area contributed by atoms with E-state index in [2.05, 4.69) is 10.3 Å². The molecular formula is C23H28FN5O7S. The van der Waals surface area contributed by atoms with Crippen LogP contribution in [0.25, 0.3) is 0 Å². The van der Waals surface area contributed by atoms with Gasteiger partial charge >= 0.3 is 0 Å². The number of aromatic hydroxyl groups is 1. The van der Waals surface area contributed by atoms with Crippen molar-refractivity contribution in [1.82, 2.24) is 24.1 Å². The maximum absolute atomic E-state index is 14.4. The molecule has 37 heavy (non-hydrogen) atoms. The number of halogens is 1. The number of rotatable bonds is 5. The van der Waals surface area contributed by atoms with Gasteiger partial charge in [0.05, 0.1) is 18.0 Å². The van der Waals surface area contributed by atoms with E-state index in [-0.39, 0.29) is 68.1 Å². The molecule has 4 rings (SSSR count). The lowest BCUT2D eigenvalue weighted by molar-refractivity contribution is -0.129. The van der Waals surface area contributed by atoms with Crippen LogP contribution >= 0.6 is 0 Å². The Morgan fingerprint density at radius 3 is 2.49 bits per heavy atom. The minimum absolute atomic E-state index is 0.0728. The molecule has 0 radical (unpaired) electrons. The van der Waals surface area contributed by atoms with Crippen molar-refractivity contribution in [2.75, 3.05) is 32.8 Å². The van der Waals surface area contributed by atoms with Crippen LogP contribution in [0.2, 0.25) is 0 Å². The highest BCUT2D eigenvalue weighted by Gasteiger charge is 2.34. The van der Waals surface area contributed by atoms with E-state index in [0.717, 1.165) is 12.1 Å². The van der Waals surface area contributed by atoms with E-state index in [0.29, 0.717) is 0 Å². The Kier molecular flexibility index (Phi) is 7.10. The van der Waals surface area contributed by atoms with E-state index in [9.17, 15) is 32.3 Å². The summed E-state index contributed by atoms with van der Waals surface area (Å²) in [6.07, 6.45) is 0. The monoisotopic (exact) mass is 537 g/mol. The van der Waals surface area contributed by atoms with Crippen LogP contribution in [-0.4, -0.2) is 76.9 Å². The molecule has 2 aliphatic heterocycles. The highest BCUT2D eigenvalue weighted by molar-refractivity contribution is 7.89. The summed E-state index contributed by atoms with van der Waals surface area (Å²) in [5.74, 6) is -2.52. The summed E-state index contributed by atoms with van der Waals surface area (Å²) in [7, 11) is -4.05. The van der Waals surface area contributed by atoms with Gasteiger partial charge in [0.15, 0.2) is 5.69 Å². The predicted molar refractivity (Wildman–Crippen MR) is 128 cm³/mol. The summed E-state index contributed by atoms with van der Waals surface area (Å²) in [6, 6.07) is 3.19. The van der Waals surface area contributed by atoms with Gasteiger partial charge in [-0.25, -0.2) is 17.8 Å². The summed E-state index contributed by atoms with van der Waals surface area (Å²) >= 11 is 0. The van der Waals surface area contributed by atoms with Crippen molar-refractivity contribution in [3.8, 4) is 5.75 Å². The van der Waals surface area contributed by atoms with Gasteiger partial charge in [0.1, 0.15) is 17.2 Å². The zero-order valence-corrected chi connectivity index (χ0v) is 21.5. The standard InChI is InChI=1S/C23H28FN5O7S/c1-14(30)27-4-6-28(7-5-27)37(34,35)17-11-15(10-16(24)12-17)13-25-20(32)18-19(31)21(33)29-8-9-36-23(2,3)22(29)26-18/h10-12,31H,4-9,13H2,1-3H3,(H,25,32). The third-order valence-electron chi connectivity index (χ3n) is 6.38. The van der Waals surface area contributed by atoms with Gasteiger partial charge in [-0.3, -0.25) is 19.0 Å². The first-order valence-corrected chi connectivity index (χ1v) is 13.1. The van der Waals surface area contributed by atoms with Gasteiger partial charge in [0.2, 0.25) is 21.7 Å². The number of amides is 2. The van der Waals surface area contributed by atoms with Crippen LogP contribution in [0.15, 0.2) is 27.9 Å². The fourth-order valence-electron chi connectivity index (χ4n) is 4.36. The second-order valence-corrected chi connectivity index (χ2v) is 11.3. The molecular weight excluding hydrogens is 509 g/mol. The molecule has 12 nitrogen and oxygen atoms in total. The number of hydrogen-bond acceptors (Lipinski definition) is 8. The van der Waals surface area contributed by atoms with Gasteiger partial charge in [-0.05, 0) is 37.6 Å². The van der Waals surface area contributed by atoms with E-state index < -0.39 is 44.4 Å². The molecule has 2 aliphatic rings. The second-order valence-electron chi connectivity index (χ2n) is 9.34. The SMILES string of the molecule is CC(=O)N1CCN(S(=O)(=O)c2cc(F)cc(CNC(=O)c3nc4n(c(=O)c3O)CCOC4(C)C)c2)CC1. The van der Waals surface area contributed by atoms with E-state index in [4.69, 9.17) is 4.74 Å². The van der Waals surface area contributed by atoms with E-state index in [1.807, 2.05) is 0 Å². The van der Waals surface area contributed by atoms with Crippen LogP contribution in [0, 0.1) is 5.82 Å². The first kappa shape index (κ1) is 26.7. The van der Waals surface area contributed by atoms with Crippen LogP contribution in [0.4, 0.5) is 4.39 Å². The number of carbonyl (C=O) groups excluding carboxylic acids is 2. The Morgan fingerprint density at radius 2 is 1.84 bits per heavy atom. The number of hydrogen-bond donors (Lipinski definition) is 2. The molecule has 2 N–H and O–H groups in total. The molecule has 200 valence electrons. The summed E-state index contributed by atoms with van der Waals surface area (Å²) in [5.41, 5.74) is -2.12. The minimum Gasteiger partial charge on any atom is -0.501 e. The Labute approximate surface area is 212 Å². The fourth-order valence-corrected chi connectivity index (χ4v) is 5.86. The molecule has 0 atom stereocenters. The lowest BCUT2D eigenvalue weighted by Crippen LogP contribution is -2.49. The number of ether oxygens (including phenoxy) is 1.